The van der Waals surface area contributed by atoms with E-state index in [2.05, 4.69) is 40.1 Å². The number of aromatic carboxylic acids is 1. The number of unbranched alkanes of at least 4 members (excludes halogenated alkanes) is 1. The van der Waals surface area contributed by atoms with Crippen molar-refractivity contribution in [2.75, 3.05) is 196 Å². The van der Waals surface area contributed by atoms with E-state index in [1.807, 2.05) is 71.1 Å². The number of aromatic nitrogens is 4. The number of carbonyl (C=O) groups excluding carboxylic acids is 4. The van der Waals surface area contributed by atoms with Gasteiger partial charge in [0.25, 0.3) is 5.91 Å². The first-order valence-corrected chi connectivity index (χ1v) is 38.1. The number of hydrogen-bond donors (Lipinski definition) is 6. The molecule has 1 aliphatic heterocycles. The molecule has 0 spiro atoms. The third-order valence-corrected chi connectivity index (χ3v) is 20.5. The van der Waals surface area contributed by atoms with Crippen LogP contribution in [0.1, 0.15) is 116 Å². The highest BCUT2D eigenvalue weighted by Gasteiger charge is 2.66. The Morgan fingerprint density at radius 3 is 1.77 bits per heavy atom. The second-order valence-corrected chi connectivity index (χ2v) is 29.6. The minimum atomic E-state index is -1.14. The summed E-state index contributed by atoms with van der Waals surface area (Å²) in [5, 5.41) is 27.7. The quantitative estimate of drug-likeness (QED) is 0.0224. The van der Waals surface area contributed by atoms with E-state index in [4.69, 9.17) is 77.4 Å². The number of ether oxygens (including phenoxy) is 13. The molecule has 5 aromatic rings. The van der Waals surface area contributed by atoms with Gasteiger partial charge in [0.15, 0.2) is 10.8 Å². The Labute approximate surface area is 625 Å². The minimum Gasteiger partial charge on any atom is -0.476 e. The fourth-order valence-electron chi connectivity index (χ4n) is 15.8. The topological polar surface area (TPSA) is 347 Å². The van der Waals surface area contributed by atoms with Crippen molar-refractivity contribution in [3.63, 3.8) is 0 Å². The van der Waals surface area contributed by atoms with E-state index in [1.165, 1.54) is 11.3 Å². The number of methoxy groups -OCH3 is 1. The molecular formula is C76H112N10O19S. The van der Waals surface area contributed by atoms with Gasteiger partial charge in [-0.25, -0.2) is 14.8 Å². The molecule has 7 N–H and O–H groups in total. The first-order valence-electron chi connectivity index (χ1n) is 37.3. The first-order chi connectivity index (χ1) is 51.4. The predicted octanol–water partition coefficient (Wildman–Crippen LogP) is 6.58. The average Bonchev–Trinajstić information content (AvgIpc) is 0.760. The molecule has 2 unspecified atom stereocenters. The van der Waals surface area contributed by atoms with E-state index >= 15 is 0 Å². The number of nitrogens with zero attached hydrogens (tertiary/aromatic N) is 5. The molecule has 4 fully saturated rings. The number of carbonyl (C=O) groups is 5. The lowest BCUT2D eigenvalue weighted by molar-refractivity contribution is -0.247. The molecule has 0 saturated heterocycles. The zero-order valence-electron chi connectivity index (χ0n) is 62.5. The summed E-state index contributed by atoms with van der Waals surface area (Å²) in [5.41, 5.74) is 11.0. The number of para-hydroxylation sites is 1. The molecule has 30 heteroatoms. The number of nitrogens with two attached hydrogens (primary N) is 1. The Hall–Kier alpha value is -6.72. The van der Waals surface area contributed by atoms with Gasteiger partial charge in [0, 0.05) is 62.2 Å². The molecule has 4 saturated carbocycles. The van der Waals surface area contributed by atoms with Crippen LogP contribution in [0.4, 0.5) is 10.9 Å². The number of carboxylic acids is 1. The molecule has 4 aliphatic carbocycles. The number of pyridine rings is 1. The van der Waals surface area contributed by atoms with Crippen molar-refractivity contribution >= 4 is 62.1 Å². The Morgan fingerprint density at radius 1 is 0.623 bits per heavy atom. The SMILES string of the molecule is COCCOCCOCCOCCOCCOCCOCCOCCOCCOCCOCCOCC(=O)NCCCC[C@H](N)C(=O)N[C@@H](C)C(=O)NCCOC12CC3(C)CC(C)(CC(Cn4ncc(-c5ccc(N6CCc7cccc(C(=O)Nc8nc9ccccc9s8)c7C6)nc5C(=O)O)c4C)(C3)C1)C2. The predicted molar refractivity (Wildman–Crippen MR) is 397 cm³/mol. The molecule has 29 nitrogen and oxygen atoms in total. The molecule has 3 aromatic heterocycles. The van der Waals surface area contributed by atoms with E-state index in [0.717, 1.165) is 65.6 Å². The molecule has 4 heterocycles. The molecular weight excluding hydrogens is 1390 g/mol. The lowest BCUT2D eigenvalue weighted by Crippen LogP contribution is -2.64. The van der Waals surface area contributed by atoms with Crippen molar-refractivity contribution < 1.29 is 90.7 Å². The van der Waals surface area contributed by atoms with E-state index < -0.39 is 29.6 Å². The molecule has 586 valence electrons. The number of anilines is 2. The second kappa shape index (κ2) is 42.9. The zero-order chi connectivity index (χ0) is 75.0. The summed E-state index contributed by atoms with van der Waals surface area (Å²) in [6.07, 6.45) is 9.73. The van der Waals surface area contributed by atoms with Crippen molar-refractivity contribution in [3.05, 3.63) is 88.9 Å². The maximum Gasteiger partial charge on any atom is 0.355 e. The number of rotatable bonds is 54. The summed E-state index contributed by atoms with van der Waals surface area (Å²) in [5.74, 6) is -1.92. The maximum atomic E-state index is 13.8. The van der Waals surface area contributed by atoms with Gasteiger partial charge in [-0.3, -0.25) is 29.2 Å². The zero-order valence-corrected chi connectivity index (χ0v) is 63.3. The summed E-state index contributed by atoms with van der Waals surface area (Å²) in [6.45, 7) is 20.9. The van der Waals surface area contributed by atoms with Crippen molar-refractivity contribution in [2.24, 2.45) is 22.0 Å². The maximum absolute atomic E-state index is 13.8. The van der Waals surface area contributed by atoms with E-state index in [1.54, 1.807) is 20.2 Å². The first kappa shape index (κ1) is 83.3. The van der Waals surface area contributed by atoms with Gasteiger partial charge in [0.2, 0.25) is 17.7 Å². The molecule has 4 bridgehead atoms. The Kier molecular flexibility index (Phi) is 33.7. The van der Waals surface area contributed by atoms with Gasteiger partial charge in [-0.15, -0.1) is 0 Å². The largest absolute Gasteiger partial charge is 0.476 e. The Morgan fingerprint density at radius 2 is 1.20 bits per heavy atom. The normalized spacial score (nSPS) is 20.0. The van der Waals surface area contributed by atoms with Gasteiger partial charge in [-0.05, 0) is 136 Å². The van der Waals surface area contributed by atoms with Gasteiger partial charge in [-0.2, -0.15) is 5.10 Å². The van der Waals surface area contributed by atoms with Crippen LogP contribution in [0.2, 0.25) is 0 Å². The molecule has 10 rings (SSSR count). The van der Waals surface area contributed by atoms with Crippen LogP contribution in [0.15, 0.2) is 60.8 Å². The van der Waals surface area contributed by atoms with Gasteiger partial charge in [-0.1, -0.05) is 49.4 Å². The van der Waals surface area contributed by atoms with Crippen LogP contribution in [0.5, 0.6) is 0 Å². The van der Waals surface area contributed by atoms with E-state index in [-0.39, 0.29) is 59.4 Å². The van der Waals surface area contributed by atoms with E-state index in [9.17, 15) is 29.1 Å². The van der Waals surface area contributed by atoms with Crippen molar-refractivity contribution in [1.82, 2.24) is 35.7 Å². The minimum absolute atomic E-state index is 0.0291. The standard InChI is InChI=1S/C76H112N10O19S/c1-55(81-70(90)62(77)13-8-9-19-78-66(87)47-104-44-43-103-42-41-102-40-39-101-38-37-100-36-35-99-34-33-98-32-31-97-30-29-96-28-27-95-26-25-94-24-23-93-5)68(88)79-20-22-105-76-51-73(3)48-74(4,52-76)50-75(49-73,53-76)54-86-56(2)60(45-80-86)58-16-17-65(83-67(58)71(91)92)85-21-18-57-11-10-12-59(61(57)46-85)69(89)84-72-82-63-14-6-7-15-64(63)106-72/h6-7,10-12,14-17,45,55,62H,8-9,13,18-44,46-54,77H2,1-5H3,(H,78,87)(H,79,88)(H,81,90)(H,91,92)(H,82,84,89)/t55-,62-,73?,74?,75?,76?/m0/s1. The van der Waals surface area contributed by atoms with Crippen LogP contribution in [0.3, 0.4) is 0 Å². The van der Waals surface area contributed by atoms with Crippen LogP contribution >= 0.6 is 11.3 Å². The summed E-state index contributed by atoms with van der Waals surface area (Å²) >= 11 is 1.42. The monoisotopic (exact) mass is 1500 g/mol. The fourth-order valence-corrected chi connectivity index (χ4v) is 16.7. The molecule has 106 heavy (non-hydrogen) atoms. The summed E-state index contributed by atoms with van der Waals surface area (Å²) in [7, 11) is 1.64. The lowest BCUT2D eigenvalue weighted by Gasteiger charge is -2.69. The highest BCUT2D eigenvalue weighted by molar-refractivity contribution is 7.22. The average molecular weight is 1500 g/mol. The van der Waals surface area contributed by atoms with Crippen molar-refractivity contribution in [3.8, 4) is 11.1 Å². The highest BCUT2D eigenvalue weighted by atomic mass is 32.1. The van der Waals surface area contributed by atoms with Gasteiger partial charge >= 0.3 is 5.97 Å². The Bertz CT molecular complexity index is 3510. The van der Waals surface area contributed by atoms with Crippen LogP contribution in [-0.4, -0.2) is 257 Å². The number of nitrogens with one attached hydrogen (secondary N) is 4. The smallest absolute Gasteiger partial charge is 0.355 e. The highest BCUT2D eigenvalue weighted by Crippen LogP contribution is 2.72. The summed E-state index contributed by atoms with van der Waals surface area (Å²) in [4.78, 5) is 77.0. The molecule has 2 aromatic carbocycles. The number of carboxylic acid groups (broad SMARTS) is 1. The number of hydrogen-bond acceptors (Lipinski definition) is 24. The van der Waals surface area contributed by atoms with Crippen LogP contribution < -0.4 is 31.9 Å². The van der Waals surface area contributed by atoms with Gasteiger partial charge < -0.3 is 93.3 Å². The van der Waals surface area contributed by atoms with Gasteiger partial charge in [0.1, 0.15) is 18.5 Å². The van der Waals surface area contributed by atoms with Crippen LogP contribution in [-0.2, 0) is 95.5 Å². The lowest BCUT2D eigenvalue weighted by atomic mass is 9.39. The summed E-state index contributed by atoms with van der Waals surface area (Å²) < 4.78 is 75.1. The third kappa shape index (κ3) is 26.0. The molecule has 4 atom stereocenters. The number of benzene rings is 2. The summed E-state index contributed by atoms with van der Waals surface area (Å²) in [6, 6.07) is 15.5. The molecule has 0 radical (unpaired) electrons. The van der Waals surface area contributed by atoms with Gasteiger partial charge in [0.05, 0.1) is 180 Å². The number of amides is 4. The Balaban J connectivity index is 0.573. The number of fused-ring (bicyclic) bond motifs is 2. The third-order valence-electron chi connectivity index (χ3n) is 19.5. The van der Waals surface area contributed by atoms with Crippen LogP contribution in [0, 0.1) is 23.2 Å². The molecule has 4 amide bonds. The molecule has 5 aliphatic rings. The van der Waals surface area contributed by atoms with Crippen molar-refractivity contribution in [1.29, 1.82) is 0 Å². The number of thiazole rings is 1. The van der Waals surface area contributed by atoms with Crippen LogP contribution in [0.25, 0.3) is 21.3 Å². The van der Waals surface area contributed by atoms with Crippen molar-refractivity contribution in [2.45, 2.75) is 123 Å². The fraction of sp³-hybridized carbons (Fsp3) is 0.658. The van der Waals surface area contributed by atoms with E-state index in [0.29, 0.717) is 225 Å². The second-order valence-electron chi connectivity index (χ2n) is 28.6.